The molecule has 0 radical (unpaired) electrons. The Morgan fingerprint density at radius 1 is 1.21 bits per heavy atom. The van der Waals surface area contributed by atoms with Crippen molar-refractivity contribution in [3.63, 3.8) is 0 Å². The summed E-state index contributed by atoms with van der Waals surface area (Å²) in [6.07, 6.45) is 3.98. The van der Waals surface area contributed by atoms with Gasteiger partial charge in [0.2, 0.25) is 0 Å². The summed E-state index contributed by atoms with van der Waals surface area (Å²) in [5, 5.41) is 5.31. The molecule has 0 aromatic carbocycles. The summed E-state index contributed by atoms with van der Waals surface area (Å²) >= 11 is 6.45. The molecule has 3 heterocycles. The zero-order chi connectivity index (χ0) is 17.1. The van der Waals surface area contributed by atoms with Crippen LogP contribution in [0.2, 0.25) is 5.15 Å². The van der Waals surface area contributed by atoms with Crippen molar-refractivity contribution in [2.75, 3.05) is 31.1 Å². The number of hydrogen-bond acceptors (Lipinski definition) is 4. The molecule has 0 amide bonds. The first kappa shape index (κ1) is 17.2. The maximum atomic E-state index is 6.45. The van der Waals surface area contributed by atoms with Gasteiger partial charge in [-0.1, -0.05) is 18.5 Å². The van der Waals surface area contributed by atoms with Crippen LogP contribution in [-0.4, -0.2) is 45.8 Å². The zero-order valence-corrected chi connectivity index (χ0v) is 15.6. The number of anilines is 1. The van der Waals surface area contributed by atoms with Crippen molar-refractivity contribution < 1.29 is 0 Å². The molecule has 130 valence electrons. The third kappa shape index (κ3) is 3.73. The predicted molar refractivity (Wildman–Crippen MR) is 98.7 cm³/mol. The Hall–Kier alpha value is -1.59. The number of rotatable bonds is 4. The van der Waals surface area contributed by atoms with Gasteiger partial charge in [0.1, 0.15) is 5.15 Å². The van der Waals surface area contributed by atoms with Gasteiger partial charge in [0.25, 0.3) is 0 Å². The van der Waals surface area contributed by atoms with Crippen LogP contribution in [0.25, 0.3) is 0 Å². The van der Waals surface area contributed by atoms with Crippen molar-refractivity contribution in [2.45, 2.75) is 33.2 Å². The largest absolute Gasteiger partial charge is 0.370 e. The molecule has 1 aliphatic heterocycles. The monoisotopic (exact) mass is 347 g/mol. The van der Waals surface area contributed by atoms with Crippen LogP contribution in [0.1, 0.15) is 30.3 Å². The van der Waals surface area contributed by atoms with Gasteiger partial charge in [0.05, 0.1) is 5.69 Å². The van der Waals surface area contributed by atoms with Gasteiger partial charge in [-0.25, -0.2) is 0 Å². The lowest BCUT2D eigenvalue weighted by atomic mass is 10.2. The van der Waals surface area contributed by atoms with Gasteiger partial charge in [-0.2, -0.15) is 5.10 Å². The molecular formula is C18H26ClN5. The lowest BCUT2D eigenvalue weighted by molar-refractivity contribution is 0.284. The molecule has 0 unspecified atom stereocenters. The van der Waals surface area contributed by atoms with E-state index >= 15 is 0 Å². The second kappa shape index (κ2) is 7.53. The second-order valence-electron chi connectivity index (χ2n) is 6.47. The molecule has 24 heavy (non-hydrogen) atoms. The van der Waals surface area contributed by atoms with E-state index in [1.807, 2.05) is 20.2 Å². The number of aryl methyl sites for hydroxylation is 3. The lowest BCUT2D eigenvalue weighted by Crippen LogP contribution is -2.30. The summed E-state index contributed by atoms with van der Waals surface area (Å²) in [4.78, 5) is 9.25. The average Bonchev–Trinajstić information content (AvgIpc) is 2.75. The minimum atomic E-state index is 0.776. The van der Waals surface area contributed by atoms with Crippen LogP contribution in [0.4, 0.5) is 5.69 Å². The molecular weight excluding hydrogens is 322 g/mol. The lowest BCUT2D eigenvalue weighted by Gasteiger charge is -2.24. The summed E-state index contributed by atoms with van der Waals surface area (Å²) in [6.45, 7) is 9.32. The van der Waals surface area contributed by atoms with E-state index in [0.29, 0.717) is 0 Å². The van der Waals surface area contributed by atoms with E-state index in [1.54, 1.807) is 4.68 Å². The normalized spacial score (nSPS) is 16.4. The van der Waals surface area contributed by atoms with Crippen molar-refractivity contribution in [3.8, 4) is 0 Å². The highest BCUT2D eigenvalue weighted by molar-refractivity contribution is 6.30. The molecule has 2 aromatic heterocycles. The highest BCUT2D eigenvalue weighted by Crippen LogP contribution is 2.23. The van der Waals surface area contributed by atoms with Crippen molar-refractivity contribution in [3.05, 3.63) is 40.4 Å². The molecule has 1 saturated heterocycles. The molecule has 6 heteroatoms. The van der Waals surface area contributed by atoms with Gasteiger partial charge in [-0.3, -0.25) is 14.6 Å². The Labute approximate surface area is 149 Å². The molecule has 1 fully saturated rings. The van der Waals surface area contributed by atoms with Crippen LogP contribution in [0.3, 0.4) is 0 Å². The smallest absolute Gasteiger partial charge is 0.131 e. The first-order valence-corrected chi connectivity index (χ1v) is 9.06. The highest BCUT2D eigenvalue weighted by Gasteiger charge is 2.20. The van der Waals surface area contributed by atoms with Gasteiger partial charge in [-0.05, 0) is 31.9 Å². The number of aromatic nitrogens is 3. The Morgan fingerprint density at radius 3 is 2.79 bits per heavy atom. The van der Waals surface area contributed by atoms with Crippen LogP contribution < -0.4 is 4.90 Å². The van der Waals surface area contributed by atoms with Crippen molar-refractivity contribution in [1.82, 2.24) is 19.7 Å². The van der Waals surface area contributed by atoms with Gasteiger partial charge < -0.3 is 4.90 Å². The summed E-state index contributed by atoms with van der Waals surface area (Å²) < 4.78 is 1.79. The summed E-state index contributed by atoms with van der Waals surface area (Å²) in [5.41, 5.74) is 4.66. The topological polar surface area (TPSA) is 37.2 Å². The third-order valence-electron chi connectivity index (χ3n) is 4.70. The standard InChI is InChI=1S/C18H26ClN5/c1-4-17-16(18(19)22(3)21-17)13-23-8-5-9-24(11-10-23)15-6-7-20-14(2)12-15/h6-7,12H,4-5,8-11,13H2,1-3H3. The molecule has 3 rings (SSSR count). The van der Waals surface area contributed by atoms with Crippen LogP contribution in [-0.2, 0) is 20.0 Å². The summed E-state index contributed by atoms with van der Waals surface area (Å²) in [7, 11) is 1.92. The average molecular weight is 348 g/mol. The minimum absolute atomic E-state index is 0.776. The maximum Gasteiger partial charge on any atom is 0.131 e. The SMILES string of the molecule is CCc1nn(C)c(Cl)c1CN1CCCN(c2ccnc(C)c2)CC1. The van der Waals surface area contributed by atoms with Crippen LogP contribution >= 0.6 is 11.6 Å². The minimum Gasteiger partial charge on any atom is -0.370 e. The third-order valence-corrected chi connectivity index (χ3v) is 5.18. The number of halogens is 1. The fraction of sp³-hybridized carbons (Fsp3) is 0.556. The fourth-order valence-corrected chi connectivity index (χ4v) is 3.59. The molecule has 0 aliphatic carbocycles. The molecule has 1 aliphatic rings. The van der Waals surface area contributed by atoms with E-state index in [0.717, 1.165) is 62.1 Å². The maximum absolute atomic E-state index is 6.45. The van der Waals surface area contributed by atoms with E-state index in [-0.39, 0.29) is 0 Å². The van der Waals surface area contributed by atoms with Crippen LogP contribution in [0.5, 0.6) is 0 Å². The molecule has 0 spiro atoms. The zero-order valence-electron chi connectivity index (χ0n) is 14.8. The van der Waals surface area contributed by atoms with E-state index in [4.69, 9.17) is 11.6 Å². The van der Waals surface area contributed by atoms with Crippen molar-refractivity contribution >= 4 is 17.3 Å². The Bertz CT molecular complexity index is 697. The predicted octanol–water partition coefficient (Wildman–Crippen LogP) is 3.05. The van der Waals surface area contributed by atoms with Crippen LogP contribution in [0, 0.1) is 6.92 Å². The fourth-order valence-electron chi connectivity index (χ4n) is 3.38. The number of pyridine rings is 1. The molecule has 5 nitrogen and oxygen atoms in total. The first-order chi connectivity index (χ1) is 11.6. The Kier molecular flexibility index (Phi) is 5.41. The van der Waals surface area contributed by atoms with E-state index in [9.17, 15) is 0 Å². The molecule has 0 bridgehead atoms. The van der Waals surface area contributed by atoms with Gasteiger partial charge >= 0.3 is 0 Å². The van der Waals surface area contributed by atoms with Gasteiger partial charge in [-0.15, -0.1) is 0 Å². The van der Waals surface area contributed by atoms with Gasteiger partial charge in [0, 0.05) is 62.9 Å². The summed E-state index contributed by atoms with van der Waals surface area (Å²) in [6, 6.07) is 4.28. The van der Waals surface area contributed by atoms with Crippen LogP contribution in [0.15, 0.2) is 18.3 Å². The Morgan fingerprint density at radius 2 is 2.04 bits per heavy atom. The second-order valence-corrected chi connectivity index (χ2v) is 6.82. The number of hydrogen-bond donors (Lipinski definition) is 0. The summed E-state index contributed by atoms with van der Waals surface area (Å²) in [5.74, 6) is 0. The molecule has 0 N–H and O–H groups in total. The molecule has 0 atom stereocenters. The Balaban J connectivity index is 1.68. The van der Waals surface area contributed by atoms with E-state index < -0.39 is 0 Å². The van der Waals surface area contributed by atoms with Crippen molar-refractivity contribution in [2.24, 2.45) is 7.05 Å². The molecule has 0 saturated carbocycles. The van der Waals surface area contributed by atoms with Gasteiger partial charge in [0.15, 0.2) is 0 Å². The first-order valence-electron chi connectivity index (χ1n) is 8.68. The van der Waals surface area contributed by atoms with Crippen molar-refractivity contribution in [1.29, 1.82) is 0 Å². The van der Waals surface area contributed by atoms with E-state index in [2.05, 4.69) is 38.9 Å². The molecule has 2 aromatic rings. The van der Waals surface area contributed by atoms with E-state index in [1.165, 1.54) is 11.3 Å². The quantitative estimate of drug-likeness (QED) is 0.851. The number of nitrogens with zero attached hydrogens (tertiary/aromatic N) is 5. The highest BCUT2D eigenvalue weighted by atomic mass is 35.5.